The van der Waals surface area contributed by atoms with Crippen LogP contribution in [-0.2, 0) is 0 Å². The van der Waals surface area contributed by atoms with E-state index < -0.39 is 0 Å². The molecule has 0 radical (unpaired) electrons. The number of halogens is 1. The molecule has 2 aromatic heterocycles. The minimum Gasteiger partial charge on any atom is -0.256 e. The number of pyridine rings is 2. The Morgan fingerprint density at radius 2 is 1.38 bits per heavy atom. The van der Waals surface area contributed by atoms with Crippen LogP contribution in [0.25, 0.3) is 22.5 Å². The first kappa shape index (κ1) is 13.4. The topological polar surface area (TPSA) is 25.8 Å². The molecule has 0 spiro atoms. The van der Waals surface area contributed by atoms with Crippen LogP contribution in [0.5, 0.6) is 0 Å². The summed E-state index contributed by atoms with van der Waals surface area (Å²) in [5.41, 5.74) is 5.04. The molecule has 0 unspecified atom stereocenters. The number of hydrogen-bond acceptors (Lipinski definition) is 2. The van der Waals surface area contributed by atoms with Gasteiger partial charge >= 0.3 is 0 Å². The molecule has 1 aromatic carbocycles. The van der Waals surface area contributed by atoms with Crippen LogP contribution < -0.4 is 0 Å². The third-order valence-corrected chi connectivity index (χ3v) is 3.37. The first-order valence-electron chi connectivity index (χ1n) is 6.79. The van der Waals surface area contributed by atoms with Gasteiger partial charge in [-0.2, -0.15) is 0 Å². The average molecular weight is 278 g/mol. The molecule has 0 aliphatic heterocycles. The molecule has 3 heteroatoms. The first-order chi connectivity index (χ1) is 10.1. The molecule has 0 N–H and O–H groups in total. The van der Waals surface area contributed by atoms with Gasteiger partial charge in [0.05, 0.1) is 11.4 Å². The molecule has 21 heavy (non-hydrogen) atoms. The highest BCUT2D eigenvalue weighted by atomic mass is 19.1. The van der Waals surface area contributed by atoms with Gasteiger partial charge in [-0.25, -0.2) is 4.39 Å². The molecule has 3 rings (SSSR count). The van der Waals surface area contributed by atoms with E-state index in [0.717, 1.165) is 22.4 Å². The van der Waals surface area contributed by atoms with E-state index in [4.69, 9.17) is 0 Å². The van der Waals surface area contributed by atoms with Crippen LogP contribution in [0.3, 0.4) is 0 Å². The standard InChI is InChI=1S/C18H15FN2/c1-12-5-7-20-17(9-12)14-3-4-16(19)15(11-14)18-10-13(2)6-8-21-18/h3-11H,1-2H3. The van der Waals surface area contributed by atoms with Crippen molar-refractivity contribution in [2.45, 2.75) is 13.8 Å². The number of nitrogens with zero attached hydrogens (tertiary/aromatic N) is 2. The third kappa shape index (κ3) is 2.82. The van der Waals surface area contributed by atoms with Gasteiger partial charge in [0.25, 0.3) is 0 Å². The largest absolute Gasteiger partial charge is 0.256 e. The van der Waals surface area contributed by atoms with Crippen LogP contribution in [0, 0.1) is 19.7 Å². The van der Waals surface area contributed by atoms with Crippen LogP contribution in [0.1, 0.15) is 11.1 Å². The zero-order valence-electron chi connectivity index (χ0n) is 12.0. The summed E-state index contributed by atoms with van der Waals surface area (Å²) >= 11 is 0. The average Bonchev–Trinajstić information content (AvgIpc) is 2.47. The first-order valence-corrected chi connectivity index (χ1v) is 6.79. The van der Waals surface area contributed by atoms with Gasteiger partial charge in [0.15, 0.2) is 0 Å². The Hall–Kier alpha value is -2.55. The van der Waals surface area contributed by atoms with Crippen LogP contribution in [-0.4, -0.2) is 9.97 Å². The van der Waals surface area contributed by atoms with Gasteiger partial charge < -0.3 is 0 Å². The molecular weight excluding hydrogens is 263 g/mol. The molecule has 0 fully saturated rings. The molecule has 0 amide bonds. The fraction of sp³-hybridized carbons (Fsp3) is 0.111. The van der Waals surface area contributed by atoms with Crippen molar-refractivity contribution in [2.24, 2.45) is 0 Å². The highest BCUT2D eigenvalue weighted by Crippen LogP contribution is 2.27. The second-order valence-corrected chi connectivity index (χ2v) is 5.13. The summed E-state index contributed by atoms with van der Waals surface area (Å²) in [6.07, 6.45) is 3.46. The molecule has 0 atom stereocenters. The lowest BCUT2D eigenvalue weighted by atomic mass is 10.0. The second-order valence-electron chi connectivity index (χ2n) is 5.13. The highest BCUT2D eigenvalue weighted by Gasteiger charge is 2.09. The van der Waals surface area contributed by atoms with Crippen molar-refractivity contribution in [3.63, 3.8) is 0 Å². The van der Waals surface area contributed by atoms with E-state index in [-0.39, 0.29) is 5.82 Å². The summed E-state index contributed by atoms with van der Waals surface area (Å²) in [6, 6.07) is 12.7. The van der Waals surface area contributed by atoms with E-state index >= 15 is 0 Å². The fourth-order valence-electron chi connectivity index (χ4n) is 2.26. The van der Waals surface area contributed by atoms with Gasteiger partial charge in [0, 0.05) is 23.5 Å². The van der Waals surface area contributed by atoms with Gasteiger partial charge in [-0.05, 0) is 67.4 Å². The van der Waals surface area contributed by atoms with Gasteiger partial charge in [0.1, 0.15) is 5.82 Å². The van der Waals surface area contributed by atoms with Crippen LogP contribution in [0.15, 0.2) is 54.9 Å². The summed E-state index contributed by atoms with van der Waals surface area (Å²) in [5.74, 6) is -0.274. The maximum Gasteiger partial charge on any atom is 0.132 e. The van der Waals surface area contributed by atoms with E-state index in [2.05, 4.69) is 9.97 Å². The van der Waals surface area contributed by atoms with Gasteiger partial charge in [0.2, 0.25) is 0 Å². The molecule has 0 aliphatic carbocycles. The maximum atomic E-state index is 14.1. The molecule has 3 aromatic rings. The lowest BCUT2D eigenvalue weighted by molar-refractivity contribution is 0.631. The predicted molar refractivity (Wildman–Crippen MR) is 82.3 cm³/mol. The Morgan fingerprint density at radius 1 is 0.762 bits per heavy atom. The van der Waals surface area contributed by atoms with E-state index in [1.807, 2.05) is 38.1 Å². The zero-order valence-corrected chi connectivity index (χ0v) is 12.0. The van der Waals surface area contributed by atoms with E-state index in [9.17, 15) is 4.39 Å². The Balaban J connectivity index is 2.12. The Kier molecular flexibility index (Phi) is 3.48. The summed E-state index contributed by atoms with van der Waals surface area (Å²) in [7, 11) is 0. The van der Waals surface area contributed by atoms with Gasteiger partial charge in [-0.1, -0.05) is 0 Å². The smallest absolute Gasteiger partial charge is 0.132 e. The van der Waals surface area contributed by atoms with E-state index in [0.29, 0.717) is 11.3 Å². The van der Waals surface area contributed by atoms with E-state index in [1.165, 1.54) is 6.07 Å². The monoisotopic (exact) mass is 278 g/mol. The second kappa shape index (κ2) is 5.44. The molecular formula is C18H15FN2. The number of aryl methyl sites for hydroxylation is 2. The SMILES string of the molecule is Cc1ccnc(-c2ccc(F)c(-c3cc(C)ccn3)c2)c1. The summed E-state index contributed by atoms with van der Waals surface area (Å²) in [4.78, 5) is 8.61. The van der Waals surface area contributed by atoms with Crippen LogP contribution in [0.2, 0.25) is 0 Å². The molecule has 2 heterocycles. The van der Waals surface area contributed by atoms with Crippen molar-refractivity contribution >= 4 is 0 Å². The third-order valence-electron chi connectivity index (χ3n) is 3.37. The van der Waals surface area contributed by atoms with Crippen molar-refractivity contribution in [1.82, 2.24) is 9.97 Å². The molecule has 0 aliphatic rings. The van der Waals surface area contributed by atoms with Crippen molar-refractivity contribution in [1.29, 1.82) is 0 Å². The molecule has 104 valence electrons. The minimum atomic E-state index is -0.274. The molecule has 0 saturated carbocycles. The maximum absolute atomic E-state index is 14.1. The Labute approximate surface area is 123 Å². The van der Waals surface area contributed by atoms with Gasteiger partial charge in [-0.15, -0.1) is 0 Å². The number of benzene rings is 1. The highest BCUT2D eigenvalue weighted by molar-refractivity contribution is 5.70. The lowest BCUT2D eigenvalue weighted by Gasteiger charge is -2.07. The van der Waals surface area contributed by atoms with Crippen molar-refractivity contribution in [3.8, 4) is 22.5 Å². The van der Waals surface area contributed by atoms with Crippen LogP contribution in [0.4, 0.5) is 4.39 Å². The van der Waals surface area contributed by atoms with Crippen molar-refractivity contribution < 1.29 is 4.39 Å². The predicted octanol–water partition coefficient (Wildman–Crippen LogP) is 4.57. The minimum absolute atomic E-state index is 0.274. The Bertz CT molecular complexity index is 797. The normalized spacial score (nSPS) is 10.6. The molecule has 0 bridgehead atoms. The molecule has 2 nitrogen and oxygen atoms in total. The number of aromatic nitrogens is 2. The van der Waals surface area contributed by atoms with E-state index in [1.54, 1.807) is 24.5 Å². The zero-order chi connectivity index (χ0) is 14.8. The Morgan fingerprint density at radius 3 is 2.05 bits per heavy atom. The van der Waals surface area contributed by atoms with Crippen molar-refractivity contribution in [2.75, 3.05) is 0 Å². The summed E-state index contributed by atoms with van der Waals surface area (Å²) in [5, 5.41) is 0. The van der Waals surface area contributed by atoms with Crippen LogP contribution >= 0.6 is 0 Å². The lowest BCUT2D eigenvalue weighted by Crippen LogP contribution is -1.91. The number of rotatable bonds is 2. The summed E-state index contributed by atoms with van der Waals surface area (Å²) in [6.45, 7) is 3.98. The fourth-order valence-corrected chi connectivity index (χ4v) is 2.26. The molecule has 0 saturated heterocycles. The summed E-state index contributed by atoms with van der Waals surface area (Å²) < 4.78 is 14.1. The van der Waals surface area contributed by atoms with Gasteiger partial charge in [-0.3, -0.25) is 9.97 Å². The number of hydrogen-bond donors (Lipinski definition) is 0. The quantitative estimate of drug-likeness (QED) is 0.686. The van der Waals surface area contributed by atoms with Crippen molar-refractivity contribution in [3.05, 3.63) is 71.8 Å².